The smallest absolute Gasteiger partial charge is 0.195 e. The molecule has 0 aliphatic rings. The van der Waals surface area contributed by atoms with E-state index in [0.717, 1.165) is 23.6 Å². The van der Waals surface area contributed by atoms with Gasteiger partial charge in [-0.05, 0) is 25.8 Å². The molecular formula is C12H18ClN3OS. The quantitative estimate of drug-likeness (QED) is 0.858. The number of aliphatic hydroxyl groups is 1. The van der Waals surface area contributed by atoms with Gasteiger partial charge in [0.15, 0.2) is 10.1 Å². The van der Waals surface area contributed by atoms with Crippen LogP contribution < -0.4 is 5.32 Å². The fourth-order valence-corrected chi connectivity index (χ4v) is 3.09. The zero-order chi connectivity index (χ0) is 13.1. The van der Waals surface area contributed by atoms with E-state index in [0.29, 0.717) is 17.6 Å². The molecule has 18 heavy (non-hydrogen) atoms. The normalized spacial score (nSPS) is 15.1. The van der Waals surface area contributed by atoms with Crippen molar-refractivity contribution in [3.63, 3.8) is 0 Å². The number of rotatable bonds is 6. The van der Waals surface area contributed by atoms with Gasteiger partial charge in [-0.1, -0.05) is 18.5 Å². The summed E-state index contributed by atoms with van der Waals surface area (Å²) < 4.78 is 2.01. The molecule has 2 unspecified atom stereocenters. The number of hydrogen-bond acceptors (Lipinski definition) is 4. The van der Waals surface area contributed by atoms with Gasteiger partial charge in [0, 0.05) is 18.1 Å². The van der Waals surface area contributed by atoms with E-state index in [-0.39, 0.29) is 6.10 Å². The SMILES string of the molecule is CC(O)CC(C)CNCc1c(Cl)nc2sccn12. The standard InChI is InChI=1S/C12H18ClN3OS/c1-8(5-9(2)17)6-14-7-10-11(13)15-12-16(10)3-4-18-12/h3-4,8-9,14,17H,5-7H2,1-2H3. The van der Waals surface area contributed by atoms with Crippen LogP contribution in [0.25, 0.3) is 4.96 Å². The van der Waals surface area contributed by atoms with Crippen LogP contribution in [0.4, 0.5) is 0 Å². The number of aromatic nitrogens is 2. The maximum absolute atomic E-state index is 9.30. The Morgan fingerprint density at radius 3 is 3.06 bits per heavy atom. The Balaban J connectivity index is 1.90. The van der Waals surface area contributed by atoms with Gasteiger partial charge in [0.2, 0.25) is 0 Å². The average Bonchev–Trinajstić information content (AvgIpc) is 2.80. The number of halogens is 1. The van der Waals surface area contributed by atoms with Gasteiger partial charge in [-0.3, -0.25) is 4.40 Å². The van der Waals surface area contributed by atoms with E-state index in [1.54, 1.807) is 11.3 Å². The largest absolute Gasteiger partial charge is 0.393 e. The topological polar surface area (TPSA) is 49.6 Å². The third-order valence-electron chi connectivity index (χ3n) is 2.84. The molecule has 0 saturated heterocycles. The van der Waals surface area contributed by atoms with Crippen LogP contribution in [0.15, 0.2) is 11.6 Å². The Hall–Kier alpha value is -0.620. The molecule has 2 rings (SSSR count). The summed E-state index contributed by atoms with van der Waals surface area (Å²) in [5.74, 6) is 0.440. The Bertz CT molecular complexity index is 508. The van der Waals surface area contributed by atoms with Gasteiger partial charge in [-0.15, -0.1) is 11.3 Å². The average molecular weight is 288 g/mol. The first-order valence-corrected chi connectivity index (χ1v) is 7.32. The van der Waals surface area contributed by atoms with Crippen LogP contribution in [0, 0.1) is 5.92 Å². The van der Waals surface area contributed by atoms with Crippen molar-refractivity contribution in [2.24, 2.45) is 5.92 Å². The summed E-state index contributed by atoms with van der Waals surface area (Å²) in [5, 5.41) is 15.2. The van der Waals surface area contributed by atoms with E-state index < -0.39 is 0 Å². The second-order valence-corrected chi connectivity index (χ2v) is 5.96. The predicted octanol–water partition coefficient (Wildman–Crippen LogP) is 2.55. The molecule has 100 valence electrons. The van der Waals surface area contributed by atoms with Crippen molar-refractivity contribution in [3.05, 3.63) is 22.4 Å². The molecular weight excluding hydrogens is 270 g/mol. The van der Waals surface area contributed by atoms with E-state index in [4.69, 9.17) is 11.6 Å². The molecule has 0 radical (unpaired) electrons. The second-order valence-electron chi connectivity index (χ2n) is 4.73. The van der Waals surface area contributed by atoms with Crippen molar-refractivity contribution in [2.75, 3.05) is 6.54 Å². The third kappa shape index (κ3) is 3.23. The van der Waals surface area contributed by atoms with Gasteiger partial charge in [-0.25, -0.2) is 4.98 Å². The highest BCUT2D eigenvalue weighted by Gasteiger charge is 2.11. The summed E-state index contributed by atoms with van der Waals surface area (Å²) in [6.45, 7) is 5.50. The molecule has 0 aliphatic carbocycles. The number of nitrogens with zero attached hydrogens (tertiary/aromatic N) is 2. The summed E-state index contributed by atoms with van der Waals surface area (Å²) in [5.41, 5.74) is 0.997. The number of imidazole rings is 1. The van der Waals surface area contributed by atoms with Crippen LogP contribution in [-0.2, 0) is 6.54 Å². The van der Waals surface area contributed by atoms with Crippen LogP contribution in [0.5, 0.6) is 0 Å². The zero-order valence-corrected chi connectivity index (χ0v) is 12.1. The fraction of sp³-hybridized carbons (Fsp3) is 0.583. The fourth-order valence-electron chi connectivity index (χ4n) is 2.07. The summed E-state index contributed by atoms with van der Waals surface area (Å²) >= 11 is 7.68. The monoisotopic (exact) mass is 287 g/mol. The van der Waals surface area contributed by atoms with Gasteiger partial charge < -0.3 is 10.4 Å². The summed E-state index contributed by atoms with van der Waals surface area (Å²) in [4.78, 5) is 5.21. The lowest BCUT2D eigenvalue weighted by molar-refractivity contribution is 0.163. The minimum atomic E-state index is -0.246. The highest BCUT2D eigenvalue weighted by atomic mass is 35.5. The molecule has 2 N–H and O–H groups in total. The number of fused-ring (bicyclic) bond motifs is 1. The summed E-state index contributed by atoms with van der Waals surface area (Å²) in [6.07, 6.45) is 2.54. The zero-order valence-electron chi connectivity index (χ0n) is 10.6. The Morgan fingerprint density at radius 2 is 2.33 bits per heavy atom. The first-order valence-electron chi connectivity index (χ1n) is 6.06. The summed E-state index contributed by atoms with van der Waals surface area (Å²) in [6, 6.07) is 0. The maximum Gasteiger partial charge on any atom is 0.195 e. The molecule has 0 fully saturated rings. The molecule has 2 atom stereocenters. The Morgan fingerprint density at radius 1 is 1.56 bits per heavy atom. The highest BCUT2D eigenvalue weighted by molar-refractivity contribution is 7.15. The number of thiazole rings is 1. The second kappa shape index (κ2) is 6.02. The Labute approximate surface area is 116 Å². The van der Waals surface area contributed by atoms with E-state index >= 15 is 0 Å². The van der Waals surface area contributed by atoms with Gasteiger partial charge >= 0.3 is 0 Å². The third-order valence-corrected chi connectivity index (χ3v) is 3.90. The Kier molecular flexibility index (Phi) is 4.61. The van der Waals surface area contributed by atoms with Crippen LogP contribution in [0.3, 0.4) is 0 Å². The van der Waals surface area contributed by atoms with Crippen LogP contribution >= 0.6 is 22.9 Å². The van der Waals surface area contributed by atoms with Crippen LogP contribution in [-0.4, -0.2) is 27.1 Å². The first-order chi connectivity index (χ1) is 8.58. The number of hydrogen-bond donors (Lipinski definition) is 2. The lowest BCUT2D eigenvalue weighted by atomic mass is 10.0. The molecule has 6 heteroatoms. The minimum absolute atomic E-state index is 0.246. The molecule has 0 bridgehead atoms. The molecule has 0 aliphatic heterocycles. The maximum atomic E-state index is 9.30. The van der Waals surface area contributed by atoms with Gasteiger partial charge in [-0.2, -0.15) is 0 Å². The molecule has 2 aromatic heterocycles. The minimum Gasteiger partial charge on any atom is -0.393 e. The van der Waals surface area contributed by atoms with E-state index in [1.165, 1.54) is 0 Å². The van der Waals surface area contributed by atoms with Crippen molar-refractivity contribution >= 4 is 27.9 Å². The van der Waals surface area contributed by atoms with Gasteiger partial charge in [0.25, 0.3) is 0 Å². The van der Waals surface area contributed by atoms with E-state index in [1.807, 2.05) is 22.9 Å². The van der Waals surface area contributed by atoms with Crippen molar-refractivity contribution in [1.29, 1.82) is 0 Å². The first kappa shape index (κ1) is 13.8. The molecule has 0 aromatic carbocycles. The molecule has 2 aromatic rings. The predicted molar refractivity (Wildman–Crippen MR) is 75.2 cm³/mol. The number of nitrogens with one attached hydrogen (secondary N) is 1. The molecule has 0 saturated carbocycles. The van der Waals surface area contributed by atoms with Crippen molar-refractivity contribution in [3.8, 4) is 0 Å². The number of aliphatic hydroxyl groups excluding tert-OH is 1. The van der Waals surface area contributed by atoms with E-state index in [2.05, 4.69) is 17.2 Å². The molecule has 4 nitrogen and oxygen atoms in total. The summed E-state index contributed by atoms with van der Waals surface area (Å²) in [7, 11) is 0. The van der Waals surface area contributed by atoms with Gasteiger partial charge in [0.1, 0.15) is 0 Å². The lowest BCUT2D eigenvalue weighted by Gasteiger charge is -2.14. The molecule has 2 heterocycles. The van der Waals surface area contributed by atoms with Crippen LogP contribution in [0.2, 0.25) is 5.15 Å². The lowest BCUT2D eigenvalue weighted by Crippen LogP contribution is -2.23. The van der Waals surface area contributed by atoms with Gasteiger partial charge in [0.05, 0.1) is 11.8 Å². The molecule has 0 spiro atoms. The van der Waals surface area contributed by atoms with E-state index in [9.17, 15) is 5.11 Å². The van der Waals surface area contributed by atoms with Crippen LogP contribution in [0.1, 0.15) is 26.0 Å². The van der Waals surface area contributed by atoms with Crippen molar-refractivity contribution in [1.82, 2.24) is 14.7 Å². The van der Waals surface area contributed by atoms with Crippen molar-refractivity contribution < 1.29 is 5.11 Å². The highest BCUT2D eigenvalue weighted by Crippen LogP contribution is 2.21. The molecule has 0 amide bonds. The van der Waals surface area contributed by atoms with Crippen molar-refractivity contribution in [2.45, 2.75) is 32.9 Å².